The van der Waals surface area contributed by atoms with Crippen LogP contribution in [0.1, 0.15) is 27.0 Å². The van der Waals surface area contributed by atoms with Crippen molar-refractivity contribution >= 4 is 5.78 Å². The maximum Gasteiger partial charge on any atom is 0.196 e. The van der Waals surface area contributed by atoms with Crippen molar-refractivity contribution in [3.63, 3.8) is 0 Å². The fourth-order valence-electron chi connectivity index (χ4n) is 2.07. The van der Waals surface area contributed by atoms with Crippen molar-refractivity contribution in [3.05, 3.63) is 64.0 Å². The second-order valence-corrected chi connectivity index (χ2v) is 4.67. The molecule has 0 N–H and O–H groups in total. The predicted molar refractivity (Wildman–Crippen MR) is 72.2 cm³/mol. The highest BCUT2D eigenvalue weighted by Crippen LogP contribution is 2.28. The molecule has 0 saturated carbocycles. The number of benzene rings is 2. The zero-order valence-corrected chi connectivity index (χ0v) is 11.8. The Bertz CT molecular complexity index is 701. The first-order valence-corrected chi connectivity index (χ1v) is 6.20. The van der Waals surface area contributed by atoms with Crippen LogP contribution in [0.4, 0.5) is 13.2 Å². The zero-order valence-electron chi connectivity index (χ0n) is 11.8. The van der Waals surface area contributed by atoms with Gasteiger partial charge in [0.2, 0.25) is 0 Å². The Hall–Kier alpha value is -2.30. The first kappa shape index (κ1) is 15.1. The van der Waals surface area contributed by atoms with Crippen molar-refractivity contribution in [1.29, 1.82) is 0 Å². The molecule has 0 fully saturated rings. The summed E-state index contributed by atoms with van der Waals surface area (Å²) in [5.41, 5.74) is 1.57. The van der Waals surface area contributed by atoms with Gasteiger partial charge in [-0.1, -0.05) is 6.07 Å². The van der Waals surface area contributed by atoms with Crippen molar-refractivity contribution in [2.24, 2.45) is 0 Å². The van der Waals surface area contributed by atoms with Crippen LogP contribution in [0.3, 0.4) is 0 Å². The summed E-state index contributed by atoms with van der Waals surface area (Å²) in [5.74, 6) is -4.70. The van der Waals surface area contributed by atoms with Gasteiger partial charge >= 0.3 is 0 Å². The van der Waals surface area contributed by atoms with Crippen LogP contribution >= 0.6 is 0 Å². The Morgan fingerprint density at radius 2 is 1.62 bits per heavy atom. The van der Waals surface area contributed by atoms with Crippen molar-refractivity contribution in [2.75, 3.05) is 7.11 Å². The monoisotopic (exact) mass is 294 g/mol. The van der Waals surface area contributed by atoms with E-state index in [-0.39, 0.29) is 11.1 Å². The molecular weight excluding hydrogens is 281 g/mol. The quantitative estimate of drug-likeness (QED) is 0.632. The summed E-state index contributed by atoms with van der Waals surface area (Å²) < 4.78 is 44.6. The predicted octanol–water partition coefficient (Wildman–Crippen LogP) is 3.96. The molecule has 0 aliphatic rings. The van der Waals surface area contributed by atoms with E-state index in [0.29, 0.717) is 17.9 Å². The molecule has 5 heteroatoms. The number of aryl methyl sites for hydroxylation is 1. The van der Waals surface area contributed by atoms with Crippen molar-refractivity contribution in [3.8, 4) is 5.75 Å². The van der Waals surface area contributed by atoms with E-state index in [1.165, 1.54) is 13.2 Å². The van der Waals surface area contributed by atoms with Crippen LogP contribution in [-0.4, -0.2) is 12.9 Å². The summed E-state index contributed by atoms with van der Waals surface area (Å²) >= 11 is 0. The molecule has 0 atom stereocenters. The maximum atomic E-state index is 13.2. The minimum atomic E-state index is -1.60. The molecular formula is C16H13F3O2. The Morgan fingerprint density at radius 1 is 1.05 bits per heavy atom. The topological polar surface area (TPSA) is 26.3 Å². The normalized spacial score (nSPS) is 10.6. The summed E-state index contributed by atoms with van der Waals surface area (Å²) in [6.45, 7) is 3.63. The van der Waals surface area contributed by atoms with Crippen molar-refractivity contribution in [2.45, 2.75) is 13.8 Å². The fraction of sp³-hybridized carbons (Fsp3) is 0.188. The molecule has 2 aromatic carbocycles. The standard InChI is InChI=1S/C16H13F3O2/c1-8-4-5-11(16(21-3)9(8)2)15(20)10-6-12(17)14(19)13(18)7-10/h4-7H,1-3H3. The number of hydrogen-bond acceptors (Lipinski definition) is 2. The zero-order chi connectivity index (χ0) is 15.7. The van der Waals surface area contributed by atoms with Crippen LogP contribution < -0.4 is 4.74 Å². The second kappa shape index (κ2) is 5.60. The molecule has 0 bridgehead atoms. The Kier molecular flexibility index (Phi) is 4.02. The Labute approximate surface area is 120 Å². The molecule has 0 aliphatic heterocycles. The Morgan fingerprint density at radius 3 is 2.14 bits per heavy atom. The number of ketones is 1. The average Bonchev–Trinajstić information content (AvgIpc) is 2.46. The van der Waals surface area contributed by atoms with Gasteiger partial charge in [0.15, 0.2) is 23.2 Å². The second-order valence-electron chi connectivity index (χ2n) is 4.67. The highest BCUT2D eigenvalue weighted by molar-refractivity contribution is 6.11. The van der Waals surface area contributed by atoms with E-state index >= 15 is 0 Å². The molecule has 0 aromatic heterocycles. The van der Waals surface area contributed by atoms with Gasteiger partial charge in [0.1, 0.15) is 5.75 Å². The maximum absolute atomic E-state index is 13.2. The molecule has 2 nitrogen and oxygen atoms in total. The lowest BCUT2D eigenvalue weighted by atomic mass is 9.97. The highest BCUT2D eigenvalue weighted by Gasteiger charge is 2.20. The molecule has 21 heavy (non-hydrogen) atoms. The summed E-state index contributed by atoms with van der Waals surface area (Å²) in [4.78, 5) is 12.4. The number of hydrogen-bond donors (Lipinski definition) is 0. The molecule has 0 saturated heterocycles. The van der Waals surface area contributed by atoms with Crippen molar-refractivity contribution in [1.82, 2.24) is 0 Å². The lowest BCUT2D eigenvalue weighted by Crippen LogP contribution is -2.08. The van der Waals surface area contributed by atoms with E-state index in [4.69, 9.17) is 4.74 Å². The first-order valence-electron chi connectivity index (χ1n) is 6.20. The van der Waals surface area contributed by atoms with Crippen LogP contribution in [0.2, 0.25) is 0 Å². The fourth-order valence-corrected chi connectivity index (χ4v) is 2.07. The van der Waals surface area contributed by atoms with Gasteiger partial charge in [-0.05, 0) is 43.2 Å². The van der Waals surface area contributed by atoms with E-state index in [9.17, 15) is 18.0 Å². The van der Waals surface area contributed by atoms with E-state index in [1.807, 2.05) is 6.92 Å². The van der Waals surface area contributed by atoms with E-state index in [0.717, 1.165) is 11.1 Å². The van der Waals surface area contributed by atoms with Gasteiger partial charge in [0, 0.05) is 5.56 Å². The smallest absolute Gasteiger partial charge is 0.196 e. The number of carbonyl (C=O) groups is 1. The van der Waals surface area contributed by atoms with Crippen LogP contribution in [0.25, 0.3) is 0 Å². The molecule has 0 spiro atoms. The average molecular weight is 294 g/mol. The molecule has 0 radical (unpaired) electrons. The van der Waals surface area contributed by atoms with Gasteiger partial charge in [0.05, 0.1) is 12.7 Å². The Balaban J connectivity index is 2.58. The third-order valence-electron chi connectivity index (χ3n) is 3.37. The molecule has 0 aliphatic carbocycles. The van der Waals surface area contributed by atoms with Crippen molar-refractivity contribution < 1.29 is 22.7 Å². The lowest BCUT2D eigenvalue weighted by molar-refractivity contribution is 0.103. The SMILES string of the molecule is COc1c(C(=O)c2cc(F)c(F)c(F)c2)ccc(C)c1C. The molecule has 0 heterocycles. The van der Waals surface area contributed by atoms with Gasteiger partial charge < -0.3 is 4.74 Å². The minimum Gasteiger partial charge on any atom is -0.496 e. The number of methoxy groups -OCH3 is 1. The lowest BCUT2D eigenvalue weighted by Gasteiger charge is -2.13. The summed E-state index contributed by atoms with van der Waals surface area (Å²) in [7, 11) is 1.41. The molecule has 0 unspecified atom stereocenters. The van der Waals surface area contributed by atoms with E-state index < -0.39 is 23.2 Å². The molecule has 2 rings (SSSR count). The number of carbonyl (C=O) groups excluding carboxylic acids is 1. The summed E-state index contributed by atoms with van der Waals surface area (Å²) in [5, 5.41) is 0. The van der Waals surface area contributed by atoms with E-state index in [2.05, 4.69) is 0 Å². The largest absolute Gasteiger partial charge is 0.496 e. The number of halogens is 3. The number of rotatable bonds is 3. The van der Waals surface area contributed by atoms with Gasteiger partial charge in [0.25, 0.3) is 0 Å². The van der Waals surface area contributed by atoms with Gasteiger partial charge in [-0.25, -0.2) is 13.2 Å². The summed E-state index contributed by atoms with van der Waals surface area (Å²) in [6, 6.07) is 4.58. The first-order chi connectivity index (χ1) is 9.86. The highest BCUT2D eigenvalue weighted by atomic mass is 19.2. The van der Waals surface area contributed by atoms with Gasteiger partial charge in [-0.3, -0.25) is 4.79 Å². The van der Waals surface area contributed by atoms with Crippen LogP contribution in [0.5, 0.6) is 5.75 Å². The van der Waals surface area contributed by atoms with Crippen LogP contribution in [0.15, 0.2) is 24.3 Å². The van der Waals surface area contributed by atoms with E-state index in [1.54, 1.807) is 13.0 Å². The minimum absolute atomic E-state index is 0.172. The van der Waals surface area contributed by atoms with Gasteiger partial charge in [-0.15, -0.1) is 0 Å². The molecule has 0 amide bonds. The third kappa shape index (κ3) is 2.63. The summed E-state index contributed by atoms with van der Waals surface area (Å²) in [6.07, 6.45) is 0. The van der Waals surface area contributed by atoms with Crippen LogP contribution in [0, 0.1) is 31.3 Å². The molecule has 2 aromatic rings. The van der Waals surface area contributed by atoms with Crippen LogP contribution in [-0.2, 0) is 0 Å². The third-order valence-corrected chi connectivity index (χ3v) is 3.37. The van der Waals surface area contributed by atoms with Gasteiger partial charge in [-0.2, -0.15) is 0 Å². The molecule has 110 valence electrons. The number of ether oxygens (including phenoxy) is 1.